The van der Waals surface area contributed by atoms with E-state index in [-0.39, 0.29) is 10.6 Å². The molecule has 0 unspecified atom stereocenters. The van der Waals surface area contributed by atoms with Gasteiger partial charge in [0, 0.05) is 22.6 Å². The van der Waals surface area contributed by atoms with Crippen LogP contribution < -0.4 is 5.32 Å². The van der Waals surface area contributed by atoms with Crippen LogP contribution in [0, 0.1) is 25.5 Å². The third-order valence-electron chi connectivity index (χ3n) is 1.90. The summed E-state index contributed by atoms with van der Waals surface area (Å²) >= 11 is 2.05. The molecule has 0 aliphatic carbocycles. The summed E-state index contributed by atoms with van der Waals surface area (Å²) in [5.41, 5.74) is 0.652. The van der Waals surface area contributed by atoms with E-state index in [1.54, 1.807) is 19.1 Å². The van der Waals surface area contributed by atoms with Crippen LogP contribution in [-0.2, 0) is 0 Å². The number of rotatable bonds is 4. The van der Waals surface area contributed by atoms with Gasteiger partial charge in [-0.25, -0.2) is 0 Å². The summed E-state index contributed by atoms with van der Waals surface area (Å²) < 4.78 is 0.850. The van der Waals surface area contributed by atoms with Crippen LogP contribution in [0.4, 0.5) is 11.4 Å². The molecule has 1 rings (SSSR count). The lowest BCUT2D eigenvalue weighted by atomic mass is 10.2. The first-order valence-electron chi connectivity index (χ1n) is 4.72. The van der Waals surface area contributed by atoms with Crippen molar-refractivity contribution in [1.29, 1.82) is 0 Å². The summed E-state index contributed by atoms with van der Waals surface area (Å²) in [6.45, 7) is 2.38. The Labute approximate surface area is 108 Å². The molecule has 84 valence electrons. The molecule has 0 aliphatic rings. The number of hydrogen-bond acceptors (Lipinski definition) is 3. The van der Waals surface area contributed by atoms with Gasteiger partial charge in [-0.2, -0.15) is 0 Å². The van der Waals surface area contributed by atoms with Crippen molar-refractivity contribution in [3.05, 3.63) is 31.9 Å². The third-order valence-corrected chi connectivity index (χ3v) is 2.57. The molecular weight excluding hydrogens is 319 g/mol. The van der Waals surface area contributed by atoms with Gasteiger partial charge in [0.2, 0.25) is 0 Å². The number of nitro benzene ring substituents is 1. The van der Waals surface area contributed by atoms with Gasteiger partial charge < -0.3 is 5.32 Å². The van der Waals surface area contributed by atoms with E-state index >= 15 is 0 Å². The van der Waals surface area contributed by atoms with Crippen molar-refractivity contribution < 1.29 is 4.92 Å². The molecule has 1 N–H and O–H groups in total. The van der Waals surface area contributed by atoms with Gasteiger partial charge in [-0.3, -0.25) is 10.1 Å². The topological polar surface area (TPSA) is 55.2 Å². The number of anilines is 1. The van der Waals surface area contributed by atoms with E-state index in [1.165, 1.54) is 0 Å². The predicted octanol–water partition coefficient (Wildman–Crippen LogP) is 3.02. The van der Waals surface area contributed by atoms with E-state index in [0.717, 1.165) is 3.57 Å². The maximum atomic E-state index is 10.8. The summed E-state index contributed by atoms with van der Waals surface area (Å²) in [5, 5.41) is 13.8. The number of hydrogen-bond donors (Lipinski definition) is 1. The normalized spacial score (nSPS) is 9.12. The van der Waals surface area contributed by atoms with Crippen molar-refractivity contribution >= 4 is 34.0 Å². The molecule has 0 fully saturated rings. The smallest absolute Gasteiger partial charge is 0.293 e. The Bertz CT molecular complexity index is 449. The first kappa shape index (κ1) is 12.8. The second kappa shape index (κ2) is 6.33. The molecule has 0 radical (unpaired) electrons. The molecule has 0 aromatic heterocycles. The van der Waals surface area contributed by atoms with Crippen LogP contribution in [-0.4, -0.2) is 11.5 Å². The second-order valence-corrected chi connectivity index (χ2v) is 4.27. The second-order valence-electron chi connectivity index (χ2n) is 3.02. The van der Waals surface area contributed by atoms with Gasteiger partial charge in [0.25, 0.3) is 5.69 Å². The van der Waals surface area contributed by atoms with Crippen LogP contribution in [0.3, 0.4) is 0 Å². The Kier molecular flexibility index (Phi) is 5.05. The highest BCUT2D eigenvalue weighted by molar-refractivity contribution is 14.1. The van der Waals surface area contributed by atoms with Crippen molar-refractivity contribution in [2.75, 3.05) is 11.9 Å². The van der Waals surface area contributed by atoms with E-state index < -0.39 is 0 Å². The largest absolute Gasteiger partial charge is 0.379 e. The standard InChI is InChI=1S/C11H11IN2O2/c1-2-3-4-7-13-10-6-5-9(12)8-11(10)14(15)16/h5-6,8,13H,4,7H2,1H3. The predicted molar refractivity (Wildman–Crippen MR) is 72.4 cm³/mol. The highest BCUT2D eigenvalue weighted by atomic mass is 127. The summed E-state index contributed by atoms with van der Waals surface area (Å²) in [4.78, 5) is 10.4. The zero-order chi connectivity index (χ0) is 12.0. The Morgan fingerprint density at radius 2 is 2.31 bits per heavy atom. The highest BCUT2D eigenvalue weighted by Gasteiger charge is 2.12. The van der Waals surface area contributed by atoms with Crippen molar-refractivity contribution in [2.24, 2.45) is 0 Å². The molecule has 0 aliphatic heterocycles. The quantitative estimate of drug-likeness (QED) is 0.304. The minimum Gasteiger partial charge on any atom is -0.379 e. The first-order chi connectivity index (χ1) is 7.65. The maximum absolute atomic E-state index is 10.8. The van der Waals surface area contributed by atoms with Gasteiger partial charge in [0.1, 0.15) is 5.69 Å². The molecule has 16 heavy (non-hydrogen) atoms. The van der Waals surface area contributed by atoms with Crippen molar-refractivity contribution in [3.8, 4) is 11.8 Å². The summed E-state index contributed by atoms with van der Waals surface area (Å²) in [5.74, 6) is 5.67. The lowest BCUT2D eigenvalue weighted by molar-refractivity contribution is -0.384. The monoisotopic (exact) mass is 330 g/mol. The first-order valence-corrected chi connectivity index (χ1v) is 5.80. The number of benzene rings is 1. The molecule has 5 heteroatoms. The molecule has 1 aromatic rings. The van der Waals surface area contributed by atoms with Crippen LogP contribution in [0.1, 0.15) is 13.3 Å². The van der Waals surface area contributed by atoms with Gasteiger partial charge in [-0.1, -0.05) is 0 Å². The molecule has 0 atom stereocenters. The van der Waals surface area contributed by atoms with E-state index in [1.807, 2.05) is 6.07 Å². The van der Waals surface area contributed by atoms with Crippen LogP contribution in [0.15, 0.2) is 18.2 Å². The number of nitro groups is 1. The molecule has 1 aromatic carbocycles. The number of nitrogens with zero attached hydrogens (tertiary/aromatic N) is 1. The summed E-state index contributed by atoms with van der Waals surface area (Å²) in [7, 11) is 0. The molecule has 4 nitrogen and oxygen atoms in total. The van der Waals surface area contributed by atoms with E-state index in [4.69, 9.17) is 0 Å². The highest BCUT2D eigenvalue weighted by Crippen LogP contribution is 2.25. The van der Waals surface area contributed by atoms with Crippen molar-refractivity contribution in [1.82, 2.24) is 0 Å². The average molecular weight is 330 g/mol. The van der Waals surface area contributed by atoms with Gasteiger partial charge in [0.05, 0.1) is 4.92 Å². The zero-order valence-electron chi connectivity index (χ0n) is 8.79. The minimum atomic E-state index is -0.379. The lowest BCUT2D eigenvalue weighted by Crippen LogP contribution is -2.03. The van der Waals surface area contributed by atoms with Gasteiger partial charge in [0.15, 0.2) is 0 Å². The Balaban J connectivity index is 2.77. The Morgan fingerprint density at radius 1 is 1.56 bits per heavy atom. The summed E-state index contributed by atoms with van der Waals surface area (Å²) in [6.07, 6.45) is 0.680. The fourth-order valence-electron chi connectivity index (χ4n) is 1.19. The number of halogens is 1. The molecular formula is C11H11IN2O2. The van der Waals surface area contributed by atoms with E-state index in [2.05, 4.69) is 39.7 Å². The molecule has 0 amide bonds. The van der Waals surface area contributed by atoms with Crippen LogP contribution in [0.2, 0.25) is 0 Å². The van der Waals surface area contributed by atoms with E-state index in [0.29, 0.717) is 18.7 Å². The van der Waals surface area contributed by atoms with Crippen LogP contribution in [0.5, 0.6) is 0 Å². The third kappa shape index (κ3) is 3.70. The molecule has 0 saturated carbocycles. The van der Waals surface area contributed by atoms with Gasteiger partial charge >= 0.3 is 0 Å². The minimum absolute atomic E-state index is 0.108. The average Bonchev–Trinajstić information content (AvgIpc) is 2.26. The molecule has 0 bridgehead atoms. The lowest BCUT2D eigenvalue weighted by Gasteiger charge is -2.05. The zero-order valence-corrected chi connectivity index (χ0v) is 10.9. The molecule has 0 heterocycles. The van der Waals surface area contributed by atoms with Crippen LogP contribution in [0.25, 0.3) is 0 Å². The Morgan fingerprint density at radius 3 is 2.94 bits per heavy atom. The number of nitrogens with one attached hydrogen (secondary N) is 1. The fourth-order valence-corrected chi connectivity index (χ4v) is 1.66. The Hall–Kier alpha value is -1.29. The van der Waals surface area contributed by atoms with Crippen molar-refractivity contribution in [3.63, 3.8) is 0 Å². The maximum Gasteiger partial charge on any atom is 0.293 e. The molecule has 0 saturated heterocycles. The van der Waals surface area contributed by atoms with E-state index in [9.17, 15) is 10.1 Å². The van der Waals surface area contributed by atoms with Gasteiger partial charge in [-0.15, -0.1) is 11.8 Å². The summed E-state index contributed by atoms with van der Waals surface area (Å²) in [6, 6.07) is 5.11. The van der Waals surface area contributed by atoms with Gasteiger partial charge in [-0.05, 0) is 41.6 Å². The van der Waals surface area contributed by atoms with Crippen LogP contribution >= 0.6 is 22.6 Å². The van der Waals surface area contributed by atoms with Crippen molar-refractivity contribution in [2.45, 2.75) is 13.3 Å². The SMILES string of the molecule is CC#CCCNc1ccc(I)cc1[N+](=O)[O-]. The fraction of sp³-hybridized carbons (Fsp3) is 0.273. The molecule has 0 spiro atoms.